The van der Waals surface area contributed by atoms with Crippen LogP contribution < -0.4 is 5.73 Å². The zero-order valence-corrected chi connectivity index (χ0v) is 14.8. The molecule has 2 N–H and O–H groups in total. The summed E-state index contributed by atoms with van der Waals surface area (Å²) in [7, 11) is 1.40. The van der Waals surface area contributed by atoms with E-state index in [1.807, 2.05) is 22.7 Å². The number of fused-ring (bicyclic) bond motifs is 2. The van der Waals surface area contributed by atoms with Crippen molar-refractivity contribution in [2.24, 2.45) is 0 Å². The lowest BCUT2D eigenvalue weighted by atomic mass is 10.00. The highest BCUT2D eigenvalue weighted by Gasteiger charge is 2.21. The molecule has 0 radical (unpaired) electrons. The lowest BCUT2D eigenvalue weighted by Crippen LogP contribution is -2.31. The summed E-state index contributed by atoms with van der Waals surface area (Å²) in [4.78, 5) is 18.8. The molecule has 0 aliphatic carbocycles. The van der Waals surface area contributed by atoms with E-state index in [0.29, 0.717) is 12.2 Å². The Kier molecular flexibility index (Phi) is 4.34. The van der Waals surface area contributed by atoms with Gasteiger partial charge in [-0.2, -0.15) is 0 Å². The van der Waals surface area contributed by atoms with E-state index < -0.39 is 0 Å². The Balaban J connectivity index is 1.67. The summed E-state index contributed by atoms with van der Waals surface area (Å²) in [5.41, 5.74) is 12.0. The van der Waals surface area contributed by atoms with Gasteiger partial charge in [0.05, 0.1) is 24.9 Å². The van der Waals surface area contributed by atoms with E-state index in [9.17, 15) is 4.79 Å². The molecule has 1 aliphatic rings. The first kappa shape index (κ1) is 16.6. The van der Waals surface area contributed by atoms with Gasteiger partial charge >= 0.3 is 5.97 Å². The molecule has 2 aromatic heterocycles. The fourth-order valence-corrected chi connectivity index (χ4v) is 3.58. The minimum Gasteiger partial charge on any atom is -0.469 e. The number of hydrogen-bond acceptors (Lipinski definition) is 5. The summed E-state index contributed by atoms with van der Waals surface area (Å²) in [5.74, 6) is -0.286. The maximum atomic E-state index is 11.8. The van der Waals surface area contributed by atoms with Crippen LogP contribution in [-0.2, 0) is 35.5 Å². The number of nitrogens with zero attached hydrogens (tertiary/aromatic N) is 3. The number of aromatic nitrogens is 2. The molecule has 6 heteroatoms. The molecule has 0 bridgehead atoms. The summed E-state index contributed by atoms with van der Waals surface area (Å²) < 4.78 is 6.83. The number of hydrogen-bond donors (Lipinski definition) is 1. The molecule has 0 atom stereocenters. The molecular formula is C20H22N4O2. The summed E-state index contributed by atoms with van der Waals surface area (Å²) in [6.45, 7) is 2.58. The average Bonchev–Trinajstić information content (AvgIpc) is 2.98. The number of imidazole rings is 1. The van der Waals surface area contributed by atoms with Crippen molar-refractivity contribution in [1.82, 2.24) is 14.3 Å². The molecule has 4 rings (SSSR count). The van der Waals surface area contributed by atoms with Crippen molar-refractivity contribution in [1.29, 1.82) is 0 Å². The van der Waals surface area contributed by atoms with Gasteiger partial charge < -0.3 is 14.9 Å². The first-order chi connectivity index (χ1) is 12.6. The molecule has 1 aliphatic heterocycles. The molecule has 3 aromatic rings. The van der Waals surface area contributed by atoms with Gasteiger partial charge in [-0.1, -0.05) is 24.3 Å². The van der Waals surface area contributed by atoms with Gasteiger partial charge in [-0.3, -0.25) is 9.69 Å². The number of carbonyl (C=O) groups excluding carboxylic acids is 1. The van der Waals surface area contributed by atoms with Crippen molar-refractivity contribution in [3.8, 4) is 0 Å². The van der Waals surface area contributed by atoms with Crippen LogP contribution in [0.1, 0.15) is 22.5 Å². The number of carbonyl (C=O) groups is 1. The summed E-state index contributed by atoms with van der Waals surface area (Å²) in [5, 5.41) is 0. The number of esters is 1. The molecular weight excluding hydrogens is 328 g/mol. The number of anilines is 1. The molecule has 0 amide bonds. The van der Waals surface area contributed by atoms with Gasteiger partial charge in [0.15, 0.2) is 0 Å². The number of benzene rings is 1. The van der Waals surface area contributed by atoms with Crippen molar-refractivity contribution < 1.29 is 9.53 Å². The Bertz CT molecular complexity index is 964. The predicted molar refractivity (Wildman–Crippen MR) is 99.6 cm³/mol. The standard InChI is InChI=1S/C20H22N4O2/c1-26-20(25)10-17-18(24-12-16(21)6-7-19(24)22-17)13-23-9-8-14-4-2-3-5-15(14)11-23/h2-7,12H,8-11,13,21H2,1H3. The third-order valence-electron chi connectivity index (χ3n) is 4.95. The van der Waals surface area contributed by atoms with Crippen molar-refractivity contribution >= 4 is 17.3 Å². The third kappa shape index (κ3) is 3.15. The van der Waals surface area contributed by atoms with Gasteiger partial charge in [-0.25, -0.2) is 4.98 Å². The highest BCUT2D eigenvalue weighted by Crippen LogP contribution is 2.23. The fraction of sp³-hybridized carbons (Fsp3) is 0.300. The largest absolute Gasteiger partial charge is 0.469 e. The number of pyridine rings is 1. The quantitative estimate of drug-likeness (QED) is 0.730. The van der Waals surface area contributed by atoms with Crippen LogP contribution >= 0.6 is 0 Å². The van der Waals surface area contributed by atoms with Gasteiger partial charge in [0.25, 0.3) is 0 Å². The van der Waals surface area contributed by atoms with E-state index in [2.05, 4.69) is 34.1 Å². The molecule has 3 heterocycles. The van der Waals surface area contributed by atoms with E-state index in [0.717, 1.165) is 36.5 Å². The van der Waals surface area contributed by atoms with Crippen LogP contribution in [0.4, 0.5) is 5.69 Å². The minimum atomic E-state index is -0.286. The molecule has 0 unspecified atom stereocenters. The number of ether oxygens (including phenoxy) is 1. The highest BCUT2D eigenvalue weighted by molar-refractivity contribution is 5.72. The number of nitrogen functional groups attached to an aromatic ring is 1. The van der Waals surface area contributed by atoms with E-state index in [4.69, 9.17) is 10.5 Å². The van der Waals surface area contributed by atoms with Crippen LogP contribution in [0.3, 0.4) is 0 Å². The second-order valence-electron chi connectivity index (χ2n) is 6.68. The molecule has 0 spiro atoms. The Hall–Kier alpha value is -2.86. The predicted octanol–water partition coefficient (Wildman–Crippen LogP) is 2.19. The monoisotopic (exact) mass is 350 g/mol. The first-order valence-corrected chi connectivity index (χ1v) is 8.75. The number of rotatable bonds is 4. The van der Waals surface area contributed by atoms with Crippen LogP contribution in [0, 0.1) is 0 Å². The smallest absolute Gasteiger partial charge is 0.311 e. The SMILES string of the molecule is COC(=O)Cc1nc2ccc(N)cn2c1CN1CCc2ccccc2C1. The van der Waals surface area contributed by atoms with Crippen LogP contribution in [0.2, 0.25) is 0 Å². The minimum absolute atomic E-state index is 0.165. The molecule has 1 aromatic carbocycles. The Labute approximate surface area is 152 Å². The van der Waals surface area contributed by atoms with Gasteiger partial charge in [0.1, 0.15) is 5.65 Å². The van der Waals surface area contributed by atoms with Gasteiger partial charge in [-0.05, 0) is 29.7 Å². The lowest BCUT2D eigenvalue weighted by molar-refractivity contribution is -0.139. The molecule has 0 fully saturated rings. The average molecular weight is 350 g/mol. The van der Waals surface area contributed by atoms with Crippen LogP contribution in [0.5, 0.6) is 0 Å². The summed E-state index contributed by atoms with van der Waals surface area (Å²) >= 11 is 0. The highest BCUT2D eigenvalue weighted by atomic mass is 16.5. The fourth-order valence-electron chi connectivity index (χ4n) is 3.58. The van der Waals surface area contributed by atoms with Gasteiger partial charge in [0.2, 0.25) is 0 Å². The number of methoxy groups -OCH3 is 1. The van der Waals surface area contributed by atoms with E-state index in [1.54, 1.807) is 0 Å². The Morgan fingerprint density at radius 3 is 2.85 bits per heavy atom. The van der Waals surface area contributed by atoms with Crippen molar-refractivity contribution in [2.75, 3.05) is 19.4 Å². The second kappa shape index (κ2) is 6.80. The van der Waals surface area contributed by atoms with E-state index >= 15 is 0 Å². The Morgan fingerprint density at radius 1 is 1.23 bits per heavy atom. The van der Waals surface area contributed by atoms with Crippen LogP contribution in [0.15, 0.2) is 42.6 Å². The maximum Gasteiger partial charge on any atom is 0.311 e. The molecule has 6 nitrogen and oxygen atoms in total. The van der Waals surface area contributed by atoms with Crippen molar-refractivity contribution in [3.05, 3.63) is 65.1 Å². The summed E-state index contributed by atoms with van der Waals surface area (Å²) in [6.07, 6.45) is 3.07. The Morgan fingerprint density at radius 2 is 2.04 bits per heavy atom. The topological polar surface area (TPSA) is 72.9 Å². The number of nitrogens with two attached hydrogens (primary N) is 1. The summed E-state index contributed by atoms with van der Waals surface area (Å²) in [6, 6.07) is 12.3. The molecule has 0 saturated carbocycles. The van der Waals surface area contributed by atoms with E-state index in [-0.39, 0.29) is 12.4 Å². The van der Waals surface area contributed by atoms with Crippen molar-refractivity contribution in [3.63, 3.8) is 0 Å². The molecule has 134 valence electrons. The lowest BCUT2D eigenvalue weighted by Gasteiger charge is -2.28. The maximum absolute atomic E-state index is 11.8. The van der Waals surface area contributed by atoms with Gasteiger partial charge in [-0.15, -0.1) is 0 Å². The normalized spacial score (nSPS) is 14.3. The van der Waals surface area contributed by atoms with Crippen molar-refractivity contribution in [2.45, 2.75) is 25.9 Å². The zero-order valence-electron chi connectivity index (χ0n) is 14.8. The van der Waals surface area contributed by atoms with E-state index in [1.165, 1.54) is 18.2 Å². The first-order valence-electron chi connectivity index (χ1n) is 8.75. The zero-order chi connectivity index (χ0) is 18.1. The van der Waals surface area contributed by atoms with Crippen LogP contribution in [0.25, 0.3) is 5.65 Å². The molecule has 26 heavy (non-hydrogen) atoms. The molecule has 0 saturated heterocycles. The third-order valence-corrected chi connectivity index (χ3v) is 4.95. The second-order valence-corrected chi connectivity index (χ2v) is 6.68. The van der Waals surface area contributed by atoms with Crippen LogP contribution in [-0.4, -0.2) is 33.9 Å². The van der Waals surface area contributed by atoms with Gasteiger partial charge in [0, 0.05) is 31.5 Å².